The van der Waals surface area contributed by atoms with Crippen molar-refractivity contribution in [1.29, 1.82) is 0 Å². The number of rotatable bonds is 5. The monoisotopic (exact) mass is 429 g/mol. The zero-order valence-corrected chi connectivity index (χ0v) is 18.4. The third-order valence-corrected chi connectivity index (χ3v) is 6.65. The number of likely N-dealkylation sites (N-methyl/N-ethyl adjacent to an activating group) is 1. The van der Waals surface area contributed by atoms with Crippen LogP contribution in [0.2, 0.25) is 0 Å². The van der Waals surface area contributed by atoms with Crippen LogP contribution in [0.5, 0.6) is 5.75 Å². The number of carboxylic acid groups (broad SMARTS) is 1. The Balaban J connectivity index is 1.43. The predicted octanol–water partition coefficient (Wildman–Crippen LogP) is 4.33. The molecule has 6 nitrogen and oxygen atoms in total. The van der Waals surface area contributed by atoms with E-state index < -0.39 is 5.97 Å². The lowest BCUT2D eigenvalue weighted by atomic mass is 9.88. The van der Waals surface area contributed by atoms with Crippen LogP contribution in [0.4, 0.5) is 5.69 Å². The van der Waals surface area contributed by atoms with Gasteiger partial charge in [-0.25, -0.2) is 4.79 Å². The maximum absolute atomic E-state index is 11.5. The Hall–Kier alpha value is -3.38. The Bertz CT molecular complexity index is 1190. The first-order valence-electron chi connectivity index (χ1n) is 11.0. The summed E-state index contributed by atoms with van der Waals surface area (Å²) in [5.74, 6) is 0.0696. The molecule has 0 aliphatic carbocycles. The summed E-state index contributed by atoms with van der Waals surface area (Å²) in [7, 11) is 2.12. The zero-order valence-electron chi connectivity index (χ0n) is 18.4. The quantitative estimate of drug-likeness (QED) is 0.629. The predicted molar refractivity (Wildman–Crippen MR) is 125 cm³/mol. The maximum atomic E-state index is 11.5. The van der Waals surface area contributed by atoms with Gasteiger partial charge >= 0.3 is 5.97 Å². The number of anilines is 1. The molecular weight excluding hydrogens is 402 g/mol. The van der Waals surface area contributed by atoms with Gasteiger partial charge in [0.2, 0.25) is 0 Å². The van der Waals surface area contributed by atoms with E-state index in [0.29, 0.717) is 12.2 Å². The normalized spacial score (nSPS) is 17.4. The summed E-state index contributed by atoms with van der Waals surface area (Å²) < 4.78 is 5.72. The van der Waals surface area contributed by atoms with Crippen molar-refractivity contribution >= 4 is 11.7 Å². The number of benzene rings is 2. The molecule has 1 aromatic heterocycles. The van der Waals surface area contributed by atoms with Crippen LogP contribution >= 0.6 is 0 Å². The van der Waals surface area contributed by atoms with Gasteiger partial charge in [-0.05, 0) is 72.0 Å². The SMILES string of the molecule is Cc1cc2c(cc1-c1ccc3c(c1)CCN(C)[C@@H]3CNc1cnccc1C(=O)O)CCO2. The van der Waals surface area contributed by atoms with Crippen LogP contribution in [-0.4, -0.2) is 47.7 Å². The Kier molecular flexibility index (Phi) is 5.31. The lowest BCUT2D eigenvalue weighted by molar-refractivity contribution is 0.0697. The van der Waals surface area contributed by atoms with E-state index in [1.165, 1.54) is 45.6 Å². The molecule has 2 aliphatic rings. The molecule has 6 heteroatoms. The molecule has 0 saturated heterocycles. The smallest absolute Gasteiger partial charge is 0.337 e. The number of fused-ring (bicyclic) bond motifs is 2. The van der Waals surface area contributed by atoms with E-state index in [2.05, 4.69) is 59.5 Å². The van der Waals surface area contributed by atoms with Crippen LogP contribution in [-0.2, 0) is 12.8 Å². The zero-order chi connectivity index (χ0) is 22.2. The largest absolute Gasteiger partial charge is 0.493 e. The Morgan fingerprint density at radius 3 is 2.94 bits per heavy atom. The van der Waals surface area contributed by atoms with Crippen molar-refractivity contribution in [2.75, 3.05) is 32.1 Å². The van der Waals surface area contributed by atoms with Gasteiger partial charge in [0.05, 0.1) is 30.1 Å². The molecule has 0 radical (unpaired) electrons. The van der Waals surface area contributed by atoms with Gasteiger partial charge in [0.1, 0.15) is 5.75 Å². The van der Waals surface area contributed by atoms with Crippen LogP contribution in [0.15, 0.2) is 48.8 Å². The molecule has 2 N–H and O–H groups in total. The van der Waals surface area contributed by atoms with Crippen molar-refractivity contribution in [2.45, 2.75) is 25.8 Å². The molecule has 2 aromatic carbocycles. The first kappa shape index (κ1) is 20.5. The maximum Gasteiger partial charge on any atom is 0.337 e. The van der Waals surface area contributed by atoms with Gasteiger partial charge in [0.15, 0.2) is 0 Å². The second-order valence-electron chi connectivity index (χ2n) is 8.64. The molecule has 2 aliphatic heterocycles. The van der Waals surface area contributed by atoms with Crippen molar-refractivity contribution in [1.82, 2.24) is 9.88 Å². The number of nitrogens with one attached hydrogen (secondary N) is 1. The number of ether oxygens (including phenoxy) is 1. The summed E-state index contributed by atoms with van der Waals surface area (Å²) in [4.78, 5) is 17.9. The minimum atomic E-state index is -0.952. The van der Waals surface area contributed by atoms with Crippen LogP contribution in [0.25, 0.3) is 11.1 Å². The Labute approximate surface area is 187 Å². The second-order valence-corrected chi connectivity index (χ2v) is 8.64. The molecule has 3 aromatic rings. The first-order chi connectivity index (χ1) is 15.5. The number of carboxylic acids is 1. The number of aryl methyl sites for hydroxylation is 1. The van der Waals surface area contributed by atoms with Gasteiger partial charge in [-0.15, -0.1) is 0 Å². The fraction of sp³-hybridized carbons (Fsp3) is 0.308. The molecule has 0 amide bonds. The molecule has 0 fully saturated rings. The number of nitrogens with zero attached hydrogens (tertiary/aromatic N) is 2. The highest BCUT2D eigenvalue weighted by Crippen LogP contribution is 2.37. The first-order valence-corrected chi connectivity index (χ1v) is 11.0. The van der Waals surface area contributed by atoms with E-state index in [1.54, 1.807) is 6.20 Å². The van der Waals surface area contributed by atoms with Crippen LogP contribution in [0.3, 0.4) is 0 Å². The van der Waals surface area contributed by atoms with Crippen molar-refractivity contribution in [3.8, 4) is 16.9 Å². The molecule has 164 valence electrons. The molecule has 1 atom stereocenters. The molecular formula is C26H27N3O3. The molecule has 3 heterocycles. The summed E-state index contributed by atoms with van der Waals surface area (Å²) in [6, 6.07) is 12.9. The number of pyridine rings is 1. The number of carbonyl (C=O) groups is 1. The average Bonchev–Trinajstić information content (AvgIpc) is 3.25. The van der Waals surface area contributed by atoms with Crippen LogP contribution < -0.4 is 10.1 Å². The average molecular weight is 430 g/mol. The molecule has 0 saturated carbocycles. The molecule has 0 bridgehead atoms. The van der Waals surface area contributed by atoms with Crippen molar-refractivity contribution in [2.24, 2.45) is 0 Å². The highest BCUT2D eigenvalue weighted by molar-refractivity contribution is 5.93. The number of aromatic carboxylic acids is 1. The van der Waals surface area contributed by atoms with E-state index in [4.69, 9.17) is 4.74 Å². The van der Waals surface area contributed by atoms with Gasteiger partial charge in [-0.1, -0.05) is 18.2 Å². The van der Waals surface area contributed by atoms with Gasteiger partial charge < -0.3 is 15.2 Å². The Morgan fingerprint density at radius 2 is 2.09 bits per heavy atom. The van der Waals surface area contributed by atoms with E-state index >= 15 is 0 Å². The second kappa shape index (κ2) is 8.28. The van der Waals surface area contributed by atoms with Gasteiger partial charge in [0.25, 0.3) is 0 Å². The van der Waals surface area contributed by atoms with E-state index in [0.717, 1.165) is 31.7 Å². The highest BCUT2D eigenvalue weighted by atomic mass is 16.5. The topological polar surface area (TPSA) is 74.7 Å². The molecule has 32 heavy (non-hydrogen) atoms. The number of hydrogen-bond donors (Lipinski definition) is 2. The van der Waals surface area contributed by atoms with E-state index in [1.807, 2.05) is 0 Å². The fourth-order valence-electron chi connectivity index (χ4n) is 4.84. The Morgan fingerprint density at radius 1 is 1.22 bits per heavy atom. The standard InChI is InChI=1S/C26H27N3O3/c1-16-11-25-19(7-10-32-25)13-22(16)17-3-4-20-18(12-17)6-9-29(2)24(20)15-28-23-14-27-8-5-21(23)26(30)31/h3-5,8,11-14,24,28H,6-7,9-10,15H2,1-2H3,(H,30,31)/t24-/m1/s1. The minimum Gasteiger partial charge on any atom is -0.493 e. The fourth-order valence-corrected chi connectivity index (χ4v) is 4.84. The van der Waals surface area contributed by atoms with Crippen LogP contribution in [0, 0.1) is 6.92 Å². The minimum absolute atomic E-state index is 0.157. The van der Waals surface area contributed by atoms with Gasteiger partial charge in [-0.3, -0.25) is 9.88 Å². The third-order valence-electron chi connectivity index (χ3n) is 6.65. The summed E-state index contributed by atoms with van der Waals surface area (Å²) in [6.45, 7) is 4.48. The molecule has 0 unspecified atom stereocenters. The van der Waals surface area contributed by atoms with Crippen molar-refractivity contribution in [3.63, 3.8) is 0 Å². The number of hydrogen-bond acceptors (Lipinski definition) is 5. The summed E-state index contributed by atoms with van der Waals surface area (Å²) >= 11 is 0. The lowest BCUT2D eigenvalue weighted by Crippen LogP contribution is -2.36. The van der Waals surface area contributed by atoms with Crippen molar-refractivity contribution < 1.29 is 14.6 Å². The summed E-state index contributed by atoms with van der Waals surface area (Å²) in [6.07, 6.45) is 5.05. The van der Waals surface area contributed by atoms with Gasteiger partial charge in [-0.2, -0.15) is 0 Å². The lowest BCUT2D eigenvalue weighted by Gasteiger charge is -2.35. The van der Waals surface area contributed by atoms with E-state index in [-0.39, 0.29) is 11.6 Å². The van der Waals surface area contributed by atoms with Crippen molar-refractivity contribution in [3.05, 3.63) is 76.6 Å². The molecule has 5 rings (SSSR count). The third kappa shape index (κ3) is 3.71. The van der Waals surface area contributed by atoms with Crippen LogP contribution in [0.1, 0.15) is 38.7 Å². The molecule has 0 spiro atoms. The summed E-state index contributed by atoms with van der Waals surface area (Å²) in [5.41, 5.74) is 8.47. The van der Waals surface area contributed by atoms with Gasteiger partial charge in [0, 0.05) is 25.7 Å². The number of aromatic nitrogens is 1. The van der Waals surface area contributed by atoms with E-state index in [9.17, 15) is 9.90 Å². The highest BCUT2D eigenvalue weighted by Gasteiger charge is 2.26. The summed E-state index contributed by atoms with van der Waals surface area (Å²) in [5, 5.41) is 12.8.